The standard InChI is InChI=1S/C26H32FN3O6/c1-34-23-5-3-2-4-17(23)13-28-25(32)12-21-10-11-22-24(36-21)16-35-15-20(31)14-30(22)26(33)29-19-8-6-18(27)7-9-19/h2-9,20-22,24,31H,10-16H2,1H3,(H,28,32)(H,29,33)/t20-,21-,22-,24+/m1/s1. The van der Waals surface area contributed by atoms with Crippen molar-refractivity contribution in [1.82, 2.24) is 10.2 Å². The second-order valence-electron chi connectivity index (χ2n) is 9.01. The van der Waals surface area contributed by atoms with Gasteiger partial charge in [-0.3, -0.25) is 4.79 Å². The molecule has 0 aliphatic carbocycles. The normalized spacial score (nSPS) is 24.1. The molecule has 194 valence electrons. The molecule has 36 heavy (non-hydrogen) atoms. The van der Waals surface area contributed by atoms with Crippen molar-refractivity contribution < 1.29 is 33.3 Å². The molecular weight excluding hydrogens is 469 g/mol. The molecule has 2 saturated heterocycles. The average molecular weight is 502 g/mol. The van der Waals surface area contributed by atoms with E-state index in [0.29, 0.717) is 30.8 Å². The Morgan fingerprint density at radius 2 is 1.92 bits per heavy atom. The fraction of sp³-hybridized carbons (Fsp3) is 0.462. The van der Waals surface area contributed by atoms with E-state index in [1.807, 2.05) is 24.3 Å². The summed E-state index contributed by atoms with van der Waals surface area (Å²) in [4.78, 5) is 27.3. The summed E-state index contributed by atoms with van der Waals surface area (Å²) in [5.74, 6) is 0.172. The Labute approximate surface area is 209 Å². The number of hydrogen-bond acceptors (Lipinski definition) is 6. The Bertz CT molecular complexity index is 1040. The first-order chi connectivity index (χ1) is 17.4. The van der Waals surface area contributed by atoms with E-state index in [1.54, 1.807) is 12.0 Å². The quantitative estimate of drug-likeness (QED) is 0.562. The van der Waals surface area contributed by atoms with Crippen LogP contribution in [0, 0.1) is 5.82 Å². The summed E-state index contributed by atoms with van der Waals surface area (Å²) in [6.45, 7) is 0.680. The third-order valence-corrected chi connectivity index (χ3v) is 6.42. The molecule has 0 unspecified atom stereocenters. The fourth-order valence-electron chi connectivity index (χ4n) is 4.62. The highest BCUT2D eigenvalue weighted by atomic mass is 19.1. The van der Waals surface area contributed by atoms with Crippen molar-refractivity contribution in [2.75, 3.05) is 32.2 Å². The zero-order valence-electron chi connectivity index (χ0n) is 20.2. The molecular formula is C26H32FN3O6. The molecule has 0 radical (unpaired) electrons. The van der Waals surface area contributed by atoms with Gasteiger partial charge in [-0.25, -0.2) is 9.18 Å². The van der Waals surface area contributed by atoms with Crippen LogP contribution in [-0.2, 0) is 20.8 Å². The number of benzene rings is 2. The van der Waals surface area contributed by atoms with Gasteiger partial charge in [0.2, 0.25) is 5.91 Å². The number of urea groups is 1. The Hall–Kier alpha value is -3.21. The van der Waals surface area contributed by atoms with Crippen LogP contribution in [0.1, 0.15) is 24.8 Å². The van der Waals surface area contributed by atoms with E-state index in [0.717, 1.165) is 5.56 Å². The molecule has 10 heteroatoms. The summed E-state index contributed by atoms with van der Waals surface area (Å²) in [5.41, 5.74) is 1.33. The van der Waals surface area contributed by atoms with Gasteiger partial charge in [-0.05, 0) is 43.2 Å². The number of nitrogens with one attached hydrogen (secondary N) is 2. The molecule has 4 rings (SSSR count). The second kappa shape index (κ2) is 12.2. The van der Waals surface area contributed by atoms with E-state index in [1.165, 1.54) is 24.3 Å². The first kappa shape index (κ1) is 25.9. The lowest BCUT2D eigenvalue weighted by Crippen LogP contribution is -2.58. The predicted octanol–water partition coefficient (Wildman–Crippen LogP) is 2.68. The minimum absolute atomic E-state index is 0.0664. The van der Waals surface area contributed by atoms with E-state index in [9.17, 15) is 19.1 Å². The molecule has 0 spiro atoms. The number of ether oxygens (including phenoxy) is 3. The SMILES string of the molecule is COc1ccccc1CNC(=O)C[C@H]1CC[C@@H]2[C@H](COC[C@H](O)CN2C(=O)Nc2ccc(F)cc2)O1. The van der Waals surface area contributed by atoms with Crippen molar-refractivity contribution in [3.8, 4) is 5.75 Å². The number of halogens is 1. The van der Waals surface area contributed by atoms with E-state index < -0.39 is 24.1 Å². The molecule has 2 aliphatic heterocycles. The van der Waals surface area contributed by atoms with Gasteiger partial charge < -0.3 is 34.9 Å². The summed E-state index contributed by atoms with van der Waals surface area (Å²) in [6, 6.07) is 12.2. The number of β-amino-alcohol motifs (C(OH)–C–C–N with tert-alkyl or cyclic N) is 1. The Morgan fingerprint density at radius 3 is 2.69 bits per heavy atom. The van der Waals surface area contributed by atoms with Gasteiger partial charge in [-0.15, -0.1) is 0 Å². The maximum atomic E-state index is 13.2. The van der Waals surface area contributed by atoms with Gasteiger partial charge in [-0.1, -0.05) is 18.2 Å². The van der Waals surface area contributed by atoms with Gasteiger partial charge in [0, 0.05) is 17.8 Å². The lowest BCUT2D eigenvalue weighted by Gasteiger charge is -2.44. The molecule has 2 aromatic rings. The van der Waals surface area contributed by atoms with Crippen molar-refractivity contribution in [2.24, 2.45) is 0 Å². The highest BCUT2D eigenvalue weighted by molar-refractivity contribution is 5.89. The fourth-order valence-corrected chi connectivity index (χ4v) is 4.62. The minimum atomic E-state index is -0.844. The van der Waals surface area contributed by atoms with Gasteiger partial charge >= 0.3 is 6.03 Å². The number of carbonyl (C=O) groups is 2. The maximum absolute atomic E-state index is 13.2. The van der Waals surface area contributed by atoms with Crippen molar-refractivity contribution in [2.45, 2.75) is 50.2 Å². The minimum Gasteiger partial charge on any atom is -0.496 e. The number of carbonyl (C=O) groups excluding carboxylic acids is 2. The number of hydrogen-bond donors (Lipinski definition) is 3. The monoisotopic (exact) mass is 501 g/mol. The second-order valence-corrected chi connectivity index (χ2v) is 9.01. The van der Waals surface area contributed by atoms with Crippen molar-refractivity contribution in [3.05, 3.63) is 59.9 Å². The largest absolute Gasteiger partial charge is 0.496 e. The highest BCUT2D eigenvalue weighted by Crippen LogP contribution is 2.28. The molecule has 3 amide bonds. The third kappa shape index (κ3) is 6.71. The molecule has 9 nitrogen and oxygen atoms in total. The van der Waals surface area contributed by atoms with Gasteiger partial charge in [0.1, 0.15) is 17.7 Å². The van der Waals surface area contributed by atoms with Gasteiger partial charge in [0.25, 0.3) is 0 Å². The Morgan fingerprint density at radius 1 is 1.14 bits per heavy atom. The summed E-state index contributed by atoms with van der Waals surface area (Å²) >= 11 is 0. The number of aliphatic hydroxyl groups is 1. The maximum Gasteiger partial charge on any atom is 0.322 e. The van der Waals surface area contributed by atoms with Crippen LogP contribution in [0.25, 0.3) is 0 Å². The Kier molecular flexibility index (Phi) is 8.74. The number of aliphatic hydroxyl groups excluding tert-OH is 1. The summed E-state index contributed by atoms with van der Waals surface area (Å²) in [5, 5.41) is 16.0. The first-order valence-corrected chi connectivity index (χ1v) is 12.1. The molecule has 4 atom stereocenters. The molecule has 2 aromatic carbocycles. The van der Waals surface area contributed by atoms with E-state index in [-0.39, 0.29) is 44.2 Å². The Balaban J connectivity index is 1.35. The van der Waals surface area contributed by atoms with Crippen LogP contribution in [0.5, 0.6) is 5.75 Å². The molecule has 0 saturated carbocycles. The van der Waals surface area contributed by atoms with E-state index in [2.05, 4.69) is 10.6 Å². The lowest BCUT2D eigenvalue weighted by molar-refractivity contribution is -0.149. The lowest BCUT2D eigenvalue weighted by atomic mass is 9.95. The van der Waals surface area contributed by atoms with Crippen LogP contribution >= 0.6 is 0 Å². The smallest absolute Gasteiger partial charge is 0.322 e. The van der Waals surface area contributed by atoms with Crippen LogP contribution < -0.4 is 15.4 Å². The zero-order chi connectivity index (χ0) is 25.5. The van der Waals surface area contributed by atoms with E-state index >= 15 is 0 Å². The van der Waals surface area contributed by atoms with Crippen molar-refractivity contribution in [3.63, 3.8) is 0 Å². The van der Waals surface area contributed by atoms with Crippen LogP contribution in [-0.4, -0.2) is 73.2 Å². The number of nitrogens with zero attached hydrogens (tertiary/aromatic N) is 1. The number of amides is 3. The number of para-hydroxylation sites is 1. The van der Waals surface area contributed by atoms with Crippen LogP contribution in [0.4, 0.5) is 14.9 Å². The van der Waals surface area contributed by atoms with Crippen LogP contribution in [0.3, 0.4) is 0 Å². The topological polar surface area (TPSA) is 109 Å². The number of methoxy groups -OCH3 is 1. The summed E-state index contributed by atoms with van der Waals surface area (Å²) < 4.78 is 30.4. The van der Waals surface area contributed by atoms with Crippen LogP contribution in [0.2, 0.25) is 0 Å². The summed E-state index contributed by atoms with van der Waals surface area (Å²) in [7, 11) is 1.59. The third-order valence-electron chi connectivity index (χ3n) is 6.42. The van der Waals surface area contributed by atoms with Gasteiger partial charge in [-0.2, -0.15) is 0 Å². The predicted molar refractivity (Wildman–Crippen MR) is 130 cm³/mol. The zero-order valence-corrected chi connectivity index (χ0v) is 20.2. The van der Waals surface area contributed by atoms with Gasteiger partial charge in [0.05, 0.1) is 51.5 Å². The van der Waals surface area contributed by atoms with E-state index in [4.69, 9.17) is 14.2 Å². The highest BCUT2D eigenvalue weighted by Gasteiger charge is 2.40. The number of fused-ring (bicyclic) bond motifs is 1. The molecule has 2 aliphatic rings. The van der Waals surface area contributed by atoms with Gasteiger partial charge in [0.15, 0.2) is 0 Å². The number of rotatable bonds is 6. The molecule has 0 bridgehead atoms. The molecule has 3 N–H and O–H groups in total. The average Bonchev–Trinajstić information content (AvgIpc) is 2.87. The molecule has 2 heterocycles. The first-order valence-electron chi connectivity index (χ1n) is 12.1. The van der Waals surface area contributed by atoms with Crippen LogP contribution in [0.15, 0.2) is 48.5 Å². The number of anilines is 1. The van der Waals surface area contributed by atoms with Crippen molar-refractivity contribution >= 4 is 17.6 Å². The summed E-state index contributed by atoms with van der Waals surface area (Å²) in [6.07, 6.45) is -0.274. The molecule has 0 aromatic heterocycles. The van der Waals surface area contributed by atoms with Crippen molar-refractivity contribution in [1.29, 1.82) is 0 Å². The molecule has 2 fully saturated rings.